The third-order valence-electron chi connectivity index (χ3n) is 6.92. The van der Waals surface area contributed by atoms with Gasteiger partial charge in [-0.3, -0.25) is 14.8 Å². The monoisotopic (exact) mass is 620 g/mol. The number of tetrazole rings is 1. The molecule has 0 unspecified atom stereocenters. The molecule has 3 atom stereocenters. The molecular weight excluding hydrogens is 588 g/mol. The standard InChI is InChI=1S/C30H32N6O7S/c37-17-19-7-9-20(10-8-19)26-16-25(18-44-30-32-34-35-36(30)23-11-13-24(38)14-12-23)42-29(43-26)21-3-1-4-22(15-21)31-27(39)5-2-6-28(40)33-41/h1,3-4,7-15,25-26,29,37-38,41H,2,5-6,16-18H2,(H,31,39)(H,33,40)/t25-,26+,29+/m1/s1. The van der Waals surface area contributed by atoms with Gasteiger partial charge in [0.05, 0.1) is 24.5 Å². The summed E-state index contributed by atoms with van der Waals surface area (Å²) in [7, 11) is 0. The summed E-state index contributed by atoms with van der Waals surface area (Å²) in [6.07, 6.45) is -0.314. The number of carbonyl (C=O) groups is 2. The number of benzene rings is 3. The number of rotatable bonds is 12. The van der Waals surface area contributed by atoms with Gasteiger partial charge < -0.3 is 25.0 Å². The highest BCUT2D eigenvalue weighted by atomic mass is 32.2. The van der Waals surface area contributed by atoms with Crippen molar-refractivity contribution in [1.29, 1.82) is 0 Å². The van der Waals surface area contributed by atoms with Crippen molar-refractivity contribution in [2.24, 2.45) is 0 Å². The second-order valence-electron chi connectivity index (χ2n) is 10.1. The van der Waals surface area contributed by atoms with Gasteiger partial charge in [0.2, 0.25) is 17.0 Å². The molecule has 3 aromatic carbocycles. The molecule has 0 radical (unpaired) electrons. The van der Waals surface area contributed by atoms with E-state index in [1.54, 1.807) is 52.6 Å². The Bertz CT molecular complexity index is 1550. The number of carbonyl (C=O) groups excluding carboxylic acids is 2. The third-order valence-corrected chi connectivity index (χ3v) is 7.97. The van der Waals surface area contributed by atoms with Gasteiger partial charge in [-0.15, -0.1) is 5.10 Å². The summed E-state index contributed by atoms with van der Waals surface area (Å²) in [5, 5.41) is 43.2. The minimum Gasteiger partial charge on any atom is -0.508 e. The molecule has 1 saturated heterocycles. The van der Waals surface area contributed by atoms with Crippen molar-refractivity contribution in [2.45, 2.75) is 55.9 Å². The highest BCUT2D eigenvalue weighted by molar-refractivity contribution is 7.99. The Morgan fingerprint density at radius 3 is 2.50 bits per heavy atom. The minimum atomic E-state index is -0.741. The van der Waals surface area contributed by atoms with Crippen molar-refractivity contribution in [2.75, 3.05) is 11.1 Å². The first-order valence-electron chi connectivity index (χ1n) is 14.0. The molecule has 0 spiro atoms. The van der Waals surface area contributed by atoms with Crippen LogP contribution in [0.3, 0.4) is 0 Å². The van der Waals surface area contributed by atoms with Gasteiger partial charge in [-0.1, -0.05) is 48.2 Å². The number of hydrogen-bond donors (Lipinski definition) is 5. The fourth-order valence-electron chi connectivity index (χ4n) is 4.67. The number of aliphatic hydroxyl groups is 1. The van der Waals surface area contributed by atoms with Crippen LogP contribution >= 0.6 is 11.8 Å². The lowest BCUT2D eigenvalue weighted by Gasteiger charge is -2.36. The normalized spacial score (nSPS) is 18.1. The number of thioether (sulfide) groups is 1. The van der Waals surface area contributed by atoms with Crippen LogP contribution in [0.2, 0.25) is 0 Å². The summed E-state index contributed by atoms with van der Waals surface area (Å²) < 4.78 is 14.4. The predicted octanol–water partition coefficient (Wildman–Crippen LogP) is 3.81. The number of aliphatic hydroxyl groups excluding tert-OH is 1. The average Bonchev–Trinajstić information content (AvgIpc) is 3.52. The summed E-state index contributed by atoms with van der Waals surface area (Å²) in [5.74, 6) is -0.148. The van der Waals surface area contributed by atoms with E-state index in [1.807, 2.05) is 30.3 Å². The lowest BCUT2D eigenvalue weighted by molar-refractivity contribution is -0.245. The number of aromatic nitrogens is 4. The zero-order valence-corrected chi connectivity index (χ0v) is 24.4. The van der Waals surface area contributed by atoms with Crippen LogP contribution in [-0.4, -0.2) is 59.3 Å². The molecule has 0 bridgehead atoms. The van der Waals surface area contributed by atoms with Crippen LogP contribution < -0.4 is 10.8 Å². The summed E-state index contributed by atoms with van der Waals surface area (Å²) in [6.45, 7) is -0.0559. The van der Waals surface area contributed by atoms with Crippen molar-refractivity contribution in [3.8, 4) is 11.4 Å². The van der Waals surface area contributed by atoms with Gasteiger partial charge in [-0.05, 0) is 64.4 Å². The molecule has 4 aromatic rings. The van der Waals surface area contributed by atoms with Gasteiger partial charge in [-0.2, -0.15) is 4.68 Å². The summed E-state index contributed by atoms with van der Waals surface area (Å²) in [6, 6.07) is 21.4. The van der Waals surface area contributed by atoms with E-state index in [1.165, 1.54) is 11.8 Å². The molecule has 44 heavy (non-hydrogen) atoms. The Balaban J connectivity index is 1.30. The smallest absolute Gasteiger partial charge is 0.243 e. The lowest BCUT2D eigenvalue weighted by atomic mass is 10.0. The van der Waals surface area contributed by atoms with Crippen molar-refractivity contribution >= 4 is 29.3 Å². The number of ether oxygens (including phenoxy) is 2. The molecular formula is C30H32N6O7S. The summed E-state index contributed by atoms with van der Waals surface area (Å²) in [4.78, 5) is 23.6. The highest BCUT2D eigenvalue weighted by Gasteiger charge is 2.33. The van der Waals surface area contributed by atoms with Crippen molar-refractivity contribution < 1.29 is 34.5 Å². The van der Waals surface area contributed by atoms with Gasteiger partial charge >= 0.3 is 0 Å². The second-order valence-corrected chi connectivity index (χ2v) is 11.1. The first kappa shape index (κ1) is 31.1. The fraction of sp³-hybridized carbons (Fsp3) is 0.300. The van der Waals surface area contributed by atoms with Crippen LogP contribution in [0.4, 0.5) is 5.69 Å². The summed E-state index contributed by atoms with van der Waals surface area (Å²) in [5.41, 5.74) is 5.27. The van der Waals surface area contributed by atoms with E-state index < -0.39 is 12.2 Å². The van der Waals surface area contributed by atoms with E-state index >= 15 is 0 Å². The van der Waals surface area contributed by atoms with Gasteiger partial charge in [0.15, 0.2) is 6.29 Å². The number of hydroxylamine groups is 1. The van der Waals surface area contributed by atoms with Crippen LogP contribution in [0.5, 0.6) is 5.75 Å². The van der Waals surface area contributed by atoms with E-state index in [2.05, 4.69) is 20.8 Å². The van der Waals surface area contributed by atoms with Gasteiger partial charge in [0.25, 0.3) is 0 Å². The fourth-order valence-corrected chi connectivity index (χ4v) is 5.58. The molecule has 1 aliphatic rings. The predicted molar refractivity (Wildman–Crippen MR) is 159 cm³/mol. The maximum atomic E-state index is 12.4. The zero-order chi connectivity index (χ0) is 30.9. The maximum Gasteiger partial charge on any atom is 0.243 e. The van der Waals surface area contributed by atoms with E-state index in [4.69, 9.17) is 14.7 Å². The number of aromatic hydroxyl groups is 1. The Hall–Kier alpha value is -4.34. The SMILES string of the molecule is O=C(CCCC(=O)Nc1cccc([C@H]2O[C@@H](CSc3nnnn3-c3ccc(O)cc3)C[C@@H](c3ccc(CO)cc3)O2)c1)NO. The maximum absolute atomic E-state index is 12.4. The Labute approximate surface area is 257 Å². The number of anilines is 1. The number of nitrogens with one attached hydrogen (secondary N) is 2. The first-order valence-corrected chi connectivity index (χ1v) is 14.9. The average molecular weight is 621 g/mol. The molecule has 14 heteroatoms. The number of phenols is 1. The Morgan fingerprint density at radius 1 is 0.977 bits per heavy atom. The molecule has 0 aliphatic carbocycles. The van der Waals surface area contributed by atoms with E-state index in [0.717, 1.165) is 11.1 Å². The second kappa shape index (κ2) is 14.9. The number of phenolic OH excluding ortho intramolecular Hbond substituents is 1. The number of nitrogens with zero attached hydrogens (tertiary/aromatic N) is 4. The van der Waals surface area contributed by atoms with Crippen LogP contribution in [0, 0.1) is 0 Å². The van der Waals surface area contributed by atoms with Gasteiger partial charge in [0.1, 0.15) is 5.75 Å². The largest absolute Gasteiger partial charge is 0.508 e. The van der Waals surface area contributed by atoms with Gasteiger partial charge in [0, 0.05) is 36.3 Å². The number of amides is 2. The van der Waals surface area contributed by atoms with Gasteiger partial charge in [-0.25, -0.2) is 5.48 Å². The quantitative estimate of drug-likeness (QED) is 0.0883. The molecule has 5 N–H and O–H groups in total. The third kappa shape index (κ3) is 8.18. The van der Waals surface area contributed by atoms with E-state index in [0.29, 0.717) is 40.7 Å². The topological polar surface area (TPSA) is 181 Å². The van der Waals surface area contributed by atoms with Crippen molar-refractivity contribution in [3.63, 3.8) is 0 Å². The molecule has 2 amide bonds. The van der Waals surface area contributed by atoms with Crippen LogP contribution in [0.1, 0.15) is 54.8 Å². The molecule has 230 valence electrons. The zero-order valence-electron chi connectivity index (χ0n) is 23.6. The van der Waals surface area contributed by atoms with Crippen molar-refractivity contribution in [1.82, 2.24) is 25.7 Å². The number of hydrogen-bond acceptors (Lipinski definition) is 11. The van der Waals surface area contributed by atoms with Crippen LogP contribution in [0.25, 0.3) is 5.69 Å². The van der Waals surface area contributed by atoms with Crippen LogP contribution in [-0.2, 0) is 25.7 Å². The Morgan fingerprint density at radius 2 is 1.75 bits per heavy atom. The molecule has 2 heterocycles. The highest BCUT2D eigenvalue weighted by Crippen LogP contribution is 2.40. The lowest BCUT2D eigenvalue weighted by Crippen LogP contribution is -2.31. The van der Waals surface area contributed by atoms with Crippen molar-refractivity contribution in [3.05, 3.63) is 89.5 Å². The summed E-state index contributed by atoms with van der Waals surface area (Å²) >= 11 is 1.43. The molecule has 1 aromatic heterocycles. The minimum absolute atomic E-state index is 0.0368. The van der Waals surface area contributed by atoms with E-state index in [9.17, 15) is 19.8 Å². The Kier molecular flexibility index (Phi) is 10.5. The van der Waals surface area contributed by atoms with Crippen LogP contribution in [0.15, 0.2) is 78.0 Å². The molecule has 0 saturated carbocycles. The first-order chi connectivity index (χ1) is 21.4. The molecule has 1 fully saturated rings. The van der Waals surface area contributed by atoms with E-state index in [-0.39, 0.29) is 43.3 Å². The molecule has 1 aliphatic heterocycles. The molecule has 5 rings (SSSR count). The molecule has 13 nitrogen and oxygen atoms in total.